The van der Waals surface area contributed by atoms with Crippen LogP contribution in [0.1, 0.15) is 24.8 Å². The molecule has 0 radical (unpaired) electrons. The van der Waals surface area contributed by atoms with Crippen molar-refractivity contribution in [2.24, 2.45) is 5.92 Å². The van der Waals surface area contributed by atoms with Crippen LogP contribution in [0.4, 0.5) is 11.4 Å². The Morgan fingerprint density at radius 3 is 2.55 bits per heavy atom. The third-order valence-corrected chi connectivity index (χ3v) is 5.47. The average molecular weight is 383 g/mol. The van der Waals surface area contributed by atoms with Crippen LogP contribution in [0.25, 0.3) is 21.8 Å². The molecule has 144 valence electrons. The second-order valence-corrected chi connectivity index (χ2v) is 7.77. The Balaban J connectivity index is 1.45. The van der Waals surface area contributed by atoms with Gasteiger partial charge in [-0.25, -0.2) is 4.98 Å². The normalized spacial score (nSPS) is 13.7. The number of H-pyrrole nitrogens is 1. The molecule has 0 aliphatic heterocycles. The minimum absolute atomic E-state index is 0.141. The molecule has 4 aromatic rings. The first-order valence-electron chi connectivity index (χ1n) is 9.95. The fourth-order valence-corrected chi connectivity index (χ4v) is 3.81. The number of hydrogen-bond acceptors (Lipinski definition) is 4. The van der Waals surface area contributed by atoms with Crippen LogP contribution in [-0.4, -0.2) is 15.8 Å². The molecule has 2 N–H and O–H groups in total. The predicted octanol–water partition coefficient (Wildman–Crippen LogP) is 4.73. The highest BCUT2D eigenvalue weighted by atomic mass is 16.1. The molecule has 0 bridgehead atoms. The molecule has 5 nitrogen and oxygen atoms in total. The van der Waals surface area contributed by atoms with Crippen LogP contribution < -0.4 is 10.9 Å². The van der Waals surface area contributed by atoms with Gasteiger partial charge < -0.3 is 10.3 Å². The third kappa shape index (κ3) is 3.63. The Labute approximate surface area is 167 Å². The lowest BCUT2D eigenvalue weighted by molar-refractivity contribution is -0.118. The van der Waals surface area contributed by atoms with E-state index in [1.54, 1.807) is 6.20 Å². The van der Waals surface area contributed by atoms with Gasteiger partial charge in [-0.2, -0.15) is 0 Å². The Bertz CT molecular complexity index is 1270. The summed E-state index contributed by atoms with van der Waals surface area (Å²) in [5.74, 6) is 0.952. The van der Waals surface area contributed by atoms with Crippen LogP contribution in [0.5, 0.6) is 0 Å². The highest BCUT2D eigenvalue weighted by molar-refractivity contribution is 6.10. The quantitative estimate of drug-likeness (QED) is 0.472. The summed E-state index contributed by atoms with van der Waals surface area (Å²) in [6.45, 7) is 0. The van der Waals surface area contributed by atoms with Crippen LogP contribution in [0.3, 0.4) is 0 Å². The molecule has 0 amide bonds. The first-order chi connectivity index (χ1) is 14.2. The number of anilines is 2. The molecule has 1 aliphatic rings. The Morgan fingerprint density at radius 2 is 1.79 bits per heavy atom. The number of hydrogen-bond donors (Lipinski definition) is 2. The molecule has 0 spiro atoms. The fraction of sp³-hybridized carbons (Fsp3) is 0.208. The standard InChI is InChI=1S/C24H21N3O2/c28-18(13-15-5-6-15)14-16-7-9-17(10-8-16)26-21-11-12-25-23-22(21)19-3-1-2-4-20(19)24(29)27-23/h1-4,7-12,15H,5-6,13-14H2,(H2,25,26,27,29). The highest BCUT2D eigenvalue weighted by Crippen LogP contribution is 2.33. The highest BCUT2D eigenvalue weighted by Gasteiger charge is 2.24. The van der Waals surface area contributed by atoms with Crippen LogP contribution in [0.15, 0.2) is 65.6 Å². The summed E-state index contributed by atoms with van der Waals surface area (Å²) in [4.78, 5) is 31.6. The van der Waals surface area contributed by atoms with Crippen molar-refractivity contribution >= 4 is 39.0 Å². The van der Waals surface area contributed by atoms with Gasteiger partial charge in [0.1, 0.15) is 11.4 Å². The number of pyridine rings is 2. The van der Waals surface area contributed by atoms with Crippen LogP contribution in [0.2, 0.25) is 0 Å². The van der Waals surface area contributed by atoms with Gasteiger partial charge in [0.15, 0.2) is 0 Å². The molecule has 5 heteroatoms. The van der Waals surface area contributed by atoms with E-state index in [0.717, 1.165) is 27.7 Å². The summed E-state index contributed by atoms with van der Waals surface area (Å²) in [6.07, 6.45) is 5.30. The Morgan fingerprint density at radius 1 is 1.03 bits per heavy atom. The summed E-state index contributed by atoms with van der Waals surface area (Å²) in [6, 6.07) is 17.4. The van der Waals surface area contributed by atoms with E-state index in [1.807, 2.05) is 54.6 Å². The van der Waals surface area contributed by atoms with Gasteiger partial charge in [-0.05, 0) is 48.6 Å². The van der Waals surface area contributed by atoms with Crippen molar-refractivity contribution in [2.75, 3.05) is 5.32 Å². The van der Waals surface area contributed by atoms with Crippen molar-refractivity contribution in [3.63, 3.8) is 0 Å². The Hall–Kier alpha value is -3.47. The van der Waals surface area contributed by atoms with E-state index in [1.165, 1.54) is 12.8 Å². The van der Waals surface area contributed by atoms with E-state index in [2.05, 4.69) is 15.3 Å². The number of Topliss-reactive ketones (excluding diaryl/α,β-unsaturated/α-hetero) is 1. The monoisotopic (exact) mass is 383 g/mol. The van der Waals surface area contributed by atoms with Gasteiger partial charge in [-0.3, -0.25) is 9.59 Å². The molecule has 0 atom stereocenters. The van der Waals surface area contributed by atoms with Gasteiger partial charge in [-0.1, -0.05) is 30.3 Å². The largest absolute Gasteiger partial charge is 0.355 e. The molecule has 2 aromatic carbocycles. The second-order valence-electron chi connectivity index (χ2n) is 7.77. The average Bonchev–Trinajstić information content (AvgIpc) is 3.53. The van der Waals surface area contributed by atoms with Crippen molar-refractivity contribution < 1.29 is 4.79 Å². The summed E-state index contributed by atoms with van der Waals surface area (Å²) in [5, 5.41) is 5.82. The third-order valence-electron chi connectivity index (χ3n) is 5.47. The predicted molar refractivity (Wildman–Crippen MR) is 116 cm³/mol. The van der Waals surface area contributed by atoms with Crippen molar-refractivity contribution in [1.82, 2.24) is 9.97 Å². The maximum atomic E-state index is 12.3. The molecular formula is C24H21N3O2. The van der Waals surface area contributed by atoms with Gasteiger partial charge in [-0.15, -0.1) is 0 Å². The van der Waals surface area contributed by atoms with E-state index < -0.39 is 0 Å². The summed E-state index contributed by atoms with van der Waals surface area (Å²) in [5.41, 5.74) is 3.25. The van der Waals surface area contributed by atoms with Gasteiger partial charge in [0.25, 0.3) is 5.56 Å². The lowest BCUT2D eigenvalue weighted by Gasteiger charge is -2.12. The van der Waals surface area contributed by atoms with Gasteiger partial charge >= 0.3 is 0 Å². The number of carbonyl (C=O) groups is 1. The number of aromatic nitrogens is 2. The van der Waals surface area contributed by atoms with Gasteiger partial charge in [0.05, 0.1) is 5.69 Å². The zero-order valence-corrected chi connectivity index (χ0v) is 15.9. The van der Waals surface area contributed by atoms with Crippen LogP contribution >= 0.6 is 0 Å². The minimum Gasteiger partial charge on any atom is -0.355 e. The minimum atomic E-state index is -0.141. The molecule has 2 heterocycles. The van der Waals surface area contributed by atoms with Crippen molar-refractivity contribution in [3.8, 4) is 0 Å². The maximum absolute atomic E-state index is 12.3. The first kappa shape index (κ1) is 17.6. The SMILES string of the molecule is O=C(Cc1ccc(Nc2ccnc3[nH]c(=O)c4ccccc4c23)cc1)CC1CC1. The summed E-state index contributed by atoms with van der Waals surface area (Å²) in [7, 11) is 0. The van der Waals surface area contributed by atoms with Crippen molar-refractivity contribution in [3.05, 3.63) is 76.7 Å². The van der Waals surface area contributed by atoms with Crippen molar-refractivity contribution in [1.29, 1.82) is 0 Å². The van der Waals surface area contributed by atoms with E-state index >= 15 is 0 Å². The zero-order valence-electron chi connectivity index (χ0n) is 15.9. The number of aromatic amines is 1. The second kappa shape index (κ2) is 7.17. The van der Waals surface area contributed by atoms with Crippen molar-refractivity contribution in [2.45, 2.75) is 25.7 Å². The lowest BCUT2D eigenvalue weighted by atomic mass is 10.0. The molecular weight excluding hydrogens is 362 g/mol. The number of nitrogens with one attached hydrogen (secondary N) is 2. The number of nitrogens with zero attached hydrogens (tertiary/aromatic N) is 1. The summed E-state index contributed by atoms with van der Waals surface area (Å²) < 4.78 is 0. The molecule has 1 saturated carbocycles. The molecule has 0 unspecified atom stereocenters. The van der Waals surface area contributed by atoms with Gasteiger partial charge in [0, 0.05) is 40.9 Å². The van der Waals surface area contributed by atoms with E-state index in [0.29, 0.717) is 35.6 Å². The smallest absolute Gasteiger partial charge is 0.257 e. The maximum Gasteiger partial charge on any atom is 0.257 e. The number of ketones is 1. The molecule has 5 rings (SSSR count). The van der Waals surface area contributed by atoms with Crippen LogP contribution in [0, 0.1) is 5.92 Å². The van der Waals surface area contributed by atoms with Crippen LogP contribution in [-0.2, 0) is 11.2 Å². The first-order valence-corrected chi connectivity index (χ1v) is 9.95. The number of rotatable bonds is 6. The number of fused-ring (bicyclic) bond motifs is 3. The van der Waals surface area contributed by atoms with Gasteiger partial charge in [0.2, 0.25) is 0 Å². The fourth-order valence-electron chi connectivity index (χ4n) is 3.81. The summed E-state index contributed by atoms with van der Waals surface area (Å²) >= 11 is 0. The van der Waals surface area contributed by atoms with E-state index in [-0.39, 0.29) is 5.56 Å². The van der Waals surface area contributed by atoms with E-state index in [4.69, 9.17) is 0 Å². The molecule has 29 heavy (non-hydrogen) atoms. The number of carbonyl (C=O) groups excluding carboxylic acids is 1. The molecule has 1 aliphatic carbocycles. The topological polar surface area (TPSA) is 74.8 Å². The lowest BCUT2D eigenvalue weighted by Crippen LogP contribution is -2.08. The Kier molecular flexibility index (Phi) is 4.35. The zero-order chi connectivity index (χ0) is 19.8. The van der Waals surface area contributed by atoms with E-state index in [9.17, 15) is 9.59 Å². The molecule has 1 fully saturated rings. The number of benzene rings is 2. The molecule has 0 saturated heterocycles. The molecule has 2 aromatic heterocycles.